The molecule has 2 aromatic rings. The molecule has 1 aliphatic heterocycles. The van der Waals surface area contributed by atoms with E-state index in [0.717, 1.165) is 19.3 Å². The number of rotatable bonds is 6. The standard InChI is InChI=1S/C26H30N2O6S/c29-25-18-5-4-6-19(25)16-20(15-18)26(30)27-23-17-22(35(31,32)28-11-13-33-14-12-28)9-10-24(23)34-21-7-2-1-3-8-21/h1-3,7-10,17-20H,4-6,11-16H2,(H,27,30). The van der Waals surface area contributed by atoms with E-state index in [9.17, 15) is 18.0 Å². The Morgan fingerprint density at radius 2 is 1.69 bits per heavy atom. The summed E-state index contributed by atoms with van der Waals surface area (Å²) in [6.45, 7) is 1.26. The molecule has 1 amide bonds. The maximum absolute atomic E-state index is 13.3. The third kappa shape index (κ3) is 5.12. The molecule has 2 saturated carbocycles. The average molecular weight is 499 g/mol. The van der Waals surface area contributed by atoms with E-state index in [1.54, 1.807) is 18.2 Å². The van der Waals surface area contributed by atoms with E-state index in [4.69, 9.17) is 9.47 Å². The second-order valence-corrected chi connectivity index (χ2v) is 11.4. The highest BCUT2D eigenvalue weighted by atomic mass is 32.2. The van der Waals surface area contributed by atoms with Gasteiger partial charge >= 0.3 is 0 Å². The van der Waals surface area contributed by atoms with Crippen LogP contribution in [0.3, 0.4) is 0 Å². The fourth-order valence-electron chi connectivity index (χ4n) is 5.34. The molecule has 0 aromatic heterocycles. The van der Waals surface area contributed by atoms with Crippen LogP contribution in [0.15, 0.2) is 53.4 Å². The van der Waals surface area contributed by atoms with Crippen LogP contribution in [0.25, 0.3) is 0 Å². The normalized spacial score (nSPS) is 25.1. The number of sulfonamides is 1. The zero-order valence-electron chi connectivity index (χ0n) is 19.5. The van der Waals surface area contributed by atoms with Crippen LogP contribution >= 0.6 is 0 Å². The predicted octanol–water partition coefficient (Wildman–Crippen LogP) is 3.83. The van der Waals surface area contributed by atoms with Crippen molar-refractivity contribution in [2.45, 2.75) is 37.0 Å². The lowest BCUT2D eigenvalue weighted by atomic mass is 9.67. The van der Waals surface area contributed by atoms with E-state index in [1.807, 2.05) is 18.2 Å². The summed E-state index contributed by atoms with van der Waals surface area (Å²) in [5, 5.41) is 2.94. The van der Waals surface area contributed by atoms with Crippen LogP contribution in [-0.4, -0.2) is 50.7 Å². The van der Waals surface area contributed by atoms with Gasteiger partial charge in [-0.15, -0.1) is 0 Å². The van der Waals surface area contributed by atoms with E-state index in [-0.39, 0.29) is 41.6 Å². The van der Waals surface area contributed by atoms with Crippen molar-refractivity contribution in [2.75, 3.05) is 31.6 Å². The molecule has 186 valence electrons. The quantitative estimate of drug-likeness (QED) is 0.649. The van der Waals surface area contributed by atoms with Gasteiger partial charge in [-0.25, -0.2) is 8.42 Å². The highest BCUT2D eigenvalue weighted by molar-refractivity contribution is 7.89. The molecule has 2 aliphatic carbocycles. The third-order valence-electron chi connectivity index (χ3n) is 7.21. The summed E-state index contributed by atoms with van der Waals surface area (Å²) in [5.74, 6) is 0.645. The zero-order valence-corrected chi connectivity index (χ0v) is 20.3. The maximum atomic E-state index is 13.3. The molecule has 9 heteroatoms. The number of nitrogens with one attached hydrogen (secondary N) is 1. The van der Waals surface area contributed by atoms with Crippen LogP contribution in [0, 0.1) is 17.8 Å². The van der Waals surface area contributed by atoms with Crippen molar-refractivity contribution in [3.63, 3.8) is 0 Å². The first-order valence-corrected chi connectivity index (χ1v) is 13.7. The highest BCUT2D eigenvalue weighted by Crippen LogP contribution is 2.41. The monoisotopic (exact) mass is 498 g/mol. The van der Waals surface area contributed by atoms with Crippen LogP contribution in [0.2, 0.25) is 0 Å². The van der Waals surface area contributed by atoms with E-state index in [0.29, 0.717) is 49.0 Å². The number of Topliss-reactive ketones (excluding diaryl/α,β-unsaturated/α-hetero) is 1. The summed E-state index contributed by atoms with van der Waals surface area (Å²) < 4.78 is 39.2. The minimum Gasteiger partial charge on any atom is -0.455 e. The minimum atomic E-state index is -3.75. The molecule has 5 rings (SSSR count). The molecule has 1 saturated heterocycles. The molecule has 1 heterocycles. The lowest BCUT2D eigenvalue weighted by Gasteiger charge is -2.37. The number of para-hydroxylation sites is 1. The van der Waals surface area contributed by atoms with E-state index in [1.165, 1.54) is 16.4 Å². The lowest BCUT2D eigenvalue weighted by molar-refractivity contribution is -0.136. The zero-order chi connectivity index (χ0) is 24.4. The number of anilines is 1. The SMILES string of the molecule is O=C(Nc1cc(S(=O)(=O)N2CCOCC2)ccc1Oc1ccccc1)C1CC2CCCC(C1)C2=O. The molecule has 8 nitrogen and oxygen atoms in total. The molecule has 0 spiro atoms. The number of hydrogen-bond donors (Lipinski definition) is 1. The number of carbonyl (C=O) groups is 2. The Morgan fingerprint density at radius 3 is 2.37 bits per heavy atom. The fraction of sp³-hybridized carbons (Fsp3) is 0.462. The summed E-state index contributed by atoms with van der Waals surface area (Å²) in [4.78, 5) is 25.9. The van der Waals surface area contributed by atoms with Crippen LogP contribution in [0.1, 0.15) is 32.1 Å². The molecule has 1 N–H and O–H groups in total. The fourth-order valence-corrected chi connectivity index (χ4v) is 6.77. The van der Waals surface area contributed by atoms with Crippen molar-refractivity contribution in [2.24, 2.45) is 17.8 Å². The Labute approximate surface area is 205 Å². The van der Waals surface area contributed by atoms with Crippen LogP contribution in [0.5, 0.6) is 11.5 Å². The highest BCUT2D eigenvalue weighted by Gasteiger charge is 2.41. The first-order valence-electron chi connectivity index (χ1n) is 12.2. The largest absolute Gasteiger partial charge is 0.455 e. The van der Waals surface area contributed by atoms with Crippen LogP contribution < -0.4 is 10.1 Å². The number of nitrogens with zero attached hydrogens (tertiary/aromatic N) is 1. The van der Waals surface area contributed by atoms with Gasteiger partial charge in [0.05, 0.1) is 23.8 Å². The Hall–Kier alpha value is -2.75. The number of hydrogen-bond acceptors (Lipinski definition) is 6. The second kappa shape index (κ2) is 10.1. The molecule has 2 unspecified atom stereocenters. The van der Waals surface area contributed by atoms with Crippen molar-refractivity contribution >= 4 is 27.4 Å². The van der Waals surface area contributed by atoms with Crippen molar-refractivity contribution in [1.29, 1.82) is 0 Å². The van der Waals surface area contributed by atoms with Gasteiger partial charge in [0.25, 0.3) is 0 Å². The molecular formula is C26H30N2O6S. The average Bonchev–Trinajstić information content (AvgIpc) is 2.86. The van der Waals surface area contributed by atoms with Gasteiger partial charge in [-0.3, -0.25) is 9.59 Å². The summed E-state index contributed by atoms with van der Waals surface area (Å²) >= 11 is 0. The Bertz CT molecular complexity index is 1180. The molecule has 3 aliphatic rings. The molecule has 2 aromatic carbocycles. The van der Waals surface area contributed by atoms with Gasteiger partial charge in [0.1, 0.15) is 11.5 Å². The third-order valence-corrected chi connectivity index (χ3v) is 9.10. The Kier molecular flexibility index (Phi) is 6.91. The number of ketones is 1. The molecule has 3 fully saturated rings. The van der Waals surface area contributed by atoms with Crippen molar-refractivity contribution in [3.8, 4) is 11.5 Å². The second-order valence-electron chi connectivity index (χ2n) is 9.47. The summed E-state index contributed by atoms with van der Waals surface area (Å²) in [7, 11) is -3.75. The Morgan fingerprint density at radius 1 is 1.00 bits per heavy atom. The van der Waals surface area contributed by atoms with E-state index in [2.05, 4.69) is 5.32 Å². The summed E-state index contributed by atoms with van der Waals surface area (Å²) in [6, 6.07) is 13.7. The van der Waals surface area contributed by atoms with Gasteiger partial charge in [0.2, 0.25) is 15.9 Å². The van der Waals surface area contributed by atoms with Crippen molar-refractivity contribution < 1.29 is 27.5 Å². The van der Waals surface area contributed by atoms with Gasteiger partial charge < -0.3 is 14.8 Å². The number of ether oxygens (including phenoxy) is 2. The minimum absolute atomic E-state index is 0.0497. The molecule has 2 bridgehead atoms. The predicted molar refractivity (Wildman–Crippen MR) is 130 cm³/mol. The topological polar surface area (TPSA) is 102 Å². The molecular weight excluding hydrogens is 468 g/mol. The first kappa shape index (κ1) is 24.0. The number of fused-ring (bicyclic) bond motifs is 2. The summed E-state index contributed by atoms with van der Waals surface area (Å²) in [5.41, 5.74) is 0.301. The number of benzene rings is 2. The van der Waals surface area contributed by atoms with E-state index < -0.39 is 10.0 Å². The van der Waals surface area contributed by atoms with Crippen LogP contribution in [-0.2, 0) is 24.3 Å². The van der Waals surface area contributed by atoms with Gasteiger partial charge in [0, 0.05) is 30.8 Å². The summed E-state index contributed by atoms with van der Waals surface area (Å²) in [6.07, 6.45) is 3.80. The van der Waals surface area contributed by atoms with Gasteiger partial charge in [-0.2, -0.15) is 4.31 Å². The number of morpholine rings is 1. The molecule has 2 atom stereocenters. The van der Waals surface area contributed by atoms with Gasteiger partial charge in [0.15, 0.2) is 5.75 Å². The number of carbonyl (C=O) groups excluding carboxylic acids is 2. The van der Waals surface area contributed by atoms with Crippen molar-refractivity contribution in [3.05, 3.63) is 48.5 Å². The first-order chi connectivity index (χ1) is 16.9. The smallest absolute Gasteiger partial charge is 0.243 e. The molecule has 0 radical (unpaired) electrons. The van der Waals surface area contributed by atoms with Crippen molar-refractivity contribution in [1.82, 2.24) is 4.31 Å². The molecule has 35 heavy (non-hydrogen) atoms. The Balaban J connectivity index is 1.42. The van der Waals surface area contributed by atoms with Gasteiger partial charge in [-0.05, 0) is 56.0 Å². The van der Waals surface area contributed by atoms with Gasteiger partial charge in [-0.1, -0.05) is 24.6 Å². The lowest BCUT2D eigenvalue weighted by Crippen LogP contribution is -2.41. The number of amides is 1. The van der Waals surface area contributed by atoms with E-state index >= 15 is 0 Å². The van der Waals surface area contributed by atoms with Crippen LogP contribution in [0.4, 0.5) is 5.69 Å². The maximum Gasteiger partial charge on any atom is 0.243 e.